The van der Waals surface area contributed by atoms with E-state index >= 15 is 0 Å². The van der Waals surface area contributed by atoms with Gasteiger partial charge in [-0.15, -0.1) is 0 Å². The molecule has 3 aromatic rings. The van der Waals surface area contributed by atoms with Crippen LogP contribution in [-0.4, -0.2) is 22.7 Å². The van der Waals surface area contributed by atoms with Gasteiger partial charge in [-0.05, 0) is 60.5 Å². The number of phenolic OH excluding ortho intramolecular Hbond substituents is 2. The molecule has 0 saturated carbocycles. The van der Waals surface area contributed by atoms with Crippen LogP contribution in [0.5, 0.6) is 17.2 Å². The van der Waals surface area contributed by atoms with E-state index in [2.05, 4.69) is 36.5 Å². The third kappa shape index (κ3) is 6.14. The Morgan fingerprint density at radius 1 is 0.966 bits per heavy atom. The molecule has 0 saturated heterocycles. The summed E-state index contributed by atoms with van der Waals surface area (Å²) in [6.07, 6.45) is 3.74. The second-order valence-electron chi connectivity index (χ2n) is 6.68. The summed E-state index contributed by atoms with van der Waals surface area (Å²) in [7, 11) is 0. The third-order valence-corrected chi connectivity index (χ3v) is 4.33. The second-order valence-corrected chi connectivity index (χ2v) is 6.68. The highest BCUT2D eigenvalue weighted by molar-refractivity contribution is 6.01. The Balaban J connectivity index is 1.47. The van der Waals surface area contributed by atoms with Crippen LogP contribution in [0.25, 0.3) is 6.08 Å². The molecule has 0 unspecified atom stereocenters. The number of carbonyl (C=O) groups is 1. The molecule has 5 nitrogen and oxygen atoms in total. The van der Waals surface area contributed by atoms with E-state index < -0.39 is 0 Å². The molecule has 3 N–H and O–H groups in total. The van der Waals surface area contributed by atoms with Gasteiger partial charge in [0.2, 0.25) is 5.91 Å². The summed E-state index contributed by atoms with van der Waals surface area (Å²) in [5.74, 6) is 0.00845. The monoisotopic (exact) mass is 389 g/mol. The lowest BCUT2D eigenvalue weighted by atomic mass is 10.1. The highest BCUT2D eigenvalue weighted by Gasteiger charge is 2.02. The number of aryl methyl sites for hydroxylation is 1. The number of phenols is 2. The Morgan fingerprint density at radius 2 is 1.69 bits per heavy atom. The molecule has 0 aliphatic heterocycles. The van der Waals surface area contributed by atoms with E-state index in [1.807, 2.05) is 12.1 Å². The normalized spacial score (nSPS) is 10.8. The molecule has 0 aliphatic rings. The van der Waals surface area contributed by atoms with E-state index in [0.29, 0.717) is 17.9 Å². The molecular weight excluding hydrogens is 366 g/mol. The number of hydrogen-bond acceptors (Lipinski definition) is 4. The number of carbonyl (C=O) groups excluding carboxylic acids is 1. The Bertz CT molecular complexity index is 992. The van der Waals surface area contributed by atoms with Gasteiger partial charge in [0.25, 0.3) is 0 Å². The van der Waals surface area contributed by atoms with Crippen LogP contribution < -0.4 is 10.1 Å². The van der Waals surface area contributed by atoms with Crippen LogP contribution in [0.2, 0.25) is 0 Å². The van der Waals surface area contributed by atoms with Crippen molar-refractivity contribution in [2.45, 2.75) is 13.3 Å². The van der Waals surface area contributed by atoms with Crippen LogP contribution in [0.4, 0.5) is 5.69 Å². The van der Waals surface area contributed by atoms with Crippen molar-refractivity contribution in [2.75, 3.05) is 11.9 Å². The maximum Gasteiger partial charge on any atom is 0.248 e. The van der Waals surface area contributed by atoms with Gasteiger partial charge in [0.05, 0.1) is 6.61 Å². The van der Waals surface area contributed by atoms with Gasteiger partial charge in [-0.1, -0.05) is 35.9 Å². The zero-order valence-electron chi connectivity index (χ0n) is 16.1. The lowest BCUT2D eigenvalue weighted by Gasteiger charge is -2.08. The van der Waals surface area contributed by atoms with Crippen LogP contribution in [0.1, 0.15) is 16.7 Å². The predicted octanol–water partition coefficient (Wildman–Crippen LogP) is 4.68. The molecule has 0 aromatic heterocycles. The predicted molar refractivity (Wildman–Crippen MR) is 114 cm³/mol. The van der Waals surface area contributed by atoms with Crippen molar-refractivity contribution in [3.05, 3.63) is 89.5 Å². The van der Waals surface area contributed by atoms with Gasteiger partial charge in [0.15, 0.2) is 11.5 Å². The molecule has 0 fully saturated rings. The smallest absolute Gasteiger partial charge is 0.248 e. The molecule has 0 bridgehead atoms. The lowest BCUT2D eigenvalue weighted by Crippen LogP contribution is -2.07. The fourth-order valence-electron chi connectivity index (χ4n) is 2.68. The highest BCUT2D eigenvalue weighted by atomic mass is 16.5. The molecule has 0 radical (unpaired) electrons. The van der Waals surface area contributed by atoms with E-state index in [0.717, 1.165) is 12.2 Å². The van der Waals surface area contributed by atoms with Gasteiger partial charge in [-0.2, -0.15) is 0 Å². The summed E-state index contributed by atoms with van der Waals surface area (Å²) in [4.78, 5) is 12.0. The van der Waals surface area contributed by atoms with Gasteiger partial charge >= 0.3 is 0 Å². The van der Waals surface area contributed by atoms with Crippen molar-refractivity contribution in [3.63, 3.8) is 0 Å². The standard InChI is InChI=1S/C24H23NO4/c1-17-2-4-18(5-3-17)14-15-29-21-10-8-20(9-11-21)25-24(28)13-7-19-6-12-22(26)23(27)16-19/h2-13,16,26-27H,14-15H2,1H3,(H,25,28)/b13-7+. The van der Waals surface area contributed by atoms with E-state index in [1.165, 1.54) is 29.3 Å². The Kier molecular flexibility index (Phi) is 6.53. The summed E-state index contributed by atoms with van der Waals surface area (Å²) in [6, 6.07) is 19.9. The minimum Gasteiger partial charge on any atom is -0.504 e. The number of benzene rings is 3. The first-order valence-electron chi connectivity index (χ1n) is 9.29. The molecule has 1 amide bonds. The quantitative estimate of drug-likeness (QED) is 0.405. The molecule has 3 aromatic carbocycles. The van der Waals surface area contributed by atoms with Gasteiger partial charge in [0, 0.05) is 18.2 Å². The van der Waals surface area contributed by atoms with Crippen molar-refractivity contribution in [1.29, 1.82) is 0 Å². The van der Waals surface area contributed by atoms with Crippen LogP contribution >= 0.6 is 0 Å². The fourth-order valence-corrected chi connectivity index (χ4v) is 2.68. The van der Waals surface area contributed by atoms with Gasteiger partial charge in [-0.3, -0.25) is 4.79 Å². The number of nitrogens with one attached hydrogen (secondary N) is 1. The number of amides is 1. The molecule has 0 heterocycles. The molecular formula is C24H23NO4. The second kappa shape index (κ2) is 9.46. The Hall–Kier alpha value is -3.73. The van der Waals surface area contributed by atoms with Crippen molar-refractivity contribution >= 4 is 17.7 Å². The molecule has 3 rings (SSSR count). The summed E-state index contributed by atoms with van der Waals surface area (Å²) in [5.41, 5.74) is 3.73. The summed E-state index contributed by atoms with van der Waals surface area (Å²) in [5, 5.41) is 21.5. The number of rotatable bonds is 7. The first-order valence-corrected chi connectivity index (χ1v) is 9.29. The van der Waals surface area contributed by atoms with E-state index in [1.54, 1.807) is 24.3 Å². The topological polar surface area (TPSA) is 78.8 Å². The lowest BCUT2D eigenvalue weighted by molar-refractivity contribution is -0.111. The Labute approximate surface area is 169 Å². The van der Waals surface area contributed by atoms with Crippen LogP contribution in [0, 0.1) is 6.92 Å². The first-order chi connectivity index (χ1) is 14.0. The summed E-state index contributed by atoms with van der Waals surface area (Å²) < 4.78 is 5.76. The first kappa shape index (κ1) is 20.0. The van der Waals surface area contributed by atoms with E-state index in [-0.39, 0.29) is 17.4 Å². The minimum atomic E-state index is -0.300. The van der Waals surface area contributed by atoms with Gasteiger partial charge in [0.1, 0.15) is 5.75 Å². The van der Waals surface area contributed by atoms with Gasteiger partial charge in [-0.25, -0.2) is 0 Å². The zero-order chi connectivity index (χ0) is 20.6. The number of ether oxygens (including phenoxy) is 1. The highest BCUT2D eigenvalue weighted by Crippen LogP contribution is 2.25. The molecule has 0 aliphatic carbocycles. The van der Waals surface area contributed by atoms with Crippen molar-refractivity contribution in [3.8, 4) is 17.2 Å². The minimum absolute atomic E-state index is 0.201. The van der Waals surface area contributed by atoms with Crippen molar-refractivity contribution in [2.24, 2.45) is 0 Å². The van der Waals surface area contributed by atoms with Crippen LogP contribution in [-0.2, 0) is 11.2 Å². The largest absolute Gasteiger partial charge is 0.504 e. The molecule has 29 heavy (non-hydrogen) atoms. The van der Waals surface area contributed by atoms with E-state index in [9.17, 15) is 15.0 Å². The molecule has 5 heteroatoms. The van der Waals surface area contributed by atoms with Gasteiger partial charge < -0.3 is 20.3 Å². The van der Waals surface area contributed by atoms with Crippen LogP contribution in [0.15, 0.2) is 72.8 Å². The fraction of sp³-hybridized carbons (Fsp3) is 0.125. The average Bonchev–Trinajstić information content (AvgIpc) is 2.72. The maximum absolute atomic E-state index is 12.0. The molecule has 148 valence electrons. The van der Waals surface area contributed by atoms with Crippen molar-refractivity contribution < 1.29 is 19.7 Å². The average molecular weight is 389 g/mol. The maximum atomic E-state index is 12.0. The number of aromatic hydroxyl groups is 2. The number of hydrogen-bond donors (Lipinski definition) is 3. The summed E-state index contributed by atoms with van der Waals surface area (Å²) >= 11 is 0. The van der Waals surface area contributed by atoms with Crippen LogP contribution in [0.3, 0.4) is 0 Å². The third-order valence-electron chi connectivity index (χ3n) is 4.33. The Morgan fingerprint density at radius 3 is 2.38 bits per heavy atom. The zero-order valence-corrected chi connectivity index (χ0v) is 16.1. The molecule has 0 spiro atoms. The number of anilines is 1. The van der Waals surface area contributed by atoms with E-state index in [4.69, 9.17) is 4.74 Å². The summed E-state index contributed by atoms with van der Waals surface area (Å²) in [6.45, 7) is 2.64. The molecule has 0 atom stereocenters. The van der Waals surface area contributed by atoms with Crippen molar-refractivity contribution in [1.82, 2.24) is 0 Å². The SMILES string of the molecule is Cc1ccc(CCOc2ccc(NC(=O)/C=C/c3ccc(O)c(O)c3)cc2)cc1.